The van der Waals surface area contributed by atoms with Gasteiger partial charge in [0.15, 0.2) is 0 Å². The smallest absolute Gasteiger partial charge is 0.0691 e. The van der Waals surface area contributed by atoms with Crippen LogP contribution in [-0.4, -0.2) is 32.0 Å². The molecule has 2 atom stereocenters. The van der Waals surface area contributed by atoms with Gasteiger partial charge in [-0.3, -0.25) is 0 Å². The summed E-state index contributed by atoms with van der Waals surface area (Å²) in [6, 6.07) is 0.306. The third-order valence-corrected chi connectivity index (χ3v) is 2.47. The van der Waals surface area contributed by atoms with Crippen LogP contribution in [-0.2, 0) is 9.47 Å². The molecular formula is C9H19NO2. The molecule has 1 aliphatic heterocycles. The minimum atomic E-state index is -0.0479. The fourth-order valence-corrected chi connectivity index (χ4v) is 1.66. The van der Waals surface area contributed by atoms with Gasteiger partial charge in [-0.15, -0.1) is 0 Å². The number of methoxy groups -OCH3 is 1. The van der Waals surface area contributed by atoms with E-state index in [0.29, 0.717) is 6.04 Å². The van der Waals surface area contributed by atoms with Gasteiger partial charge in [0.05, 0.1) is 5.60 Å². The first-order valence-corrected chi connectivity index (χ1v) is 4.55. The maximum Gasteiger partial charge on any atom is 0.0691 e. The molecule has 1 rings (SSSR count). The monoisotopic (exact) mass is 173 g/mol. The van der Waals surface area contributed by atoms with Crippen molar-refractivity contribution >= 4 is 0 Å². The van der Waals surface area contributed by atoms with E-state index in [0.717, 1.165) is 32.5 Å². The first-order valence-electron chi connectivity index (χ1n) is 4.55. The summed E-state index contributed by atoms with van der Waals surface area (Å²) >= 11 is 0. The topological polar surface area (TPSA) is 44.5 Å². The van der Waals surface area contributed by atoms with Crippen molar-refractivity contribution in [3.05, 3.63) is 0 Å². The van der Waals surface area contributed by atoms with Gasteiger partial charge in [0.1, 0.15) is 0 Å². The average Bonchev–Trinajstić information content (AvgIpc) is 2.01. The summed E-state index contributed by atoms with van der Waals surface area (Å²) in [5.41, 5.74) is 5.81. The van der Waals surface area contributed by atoms with E-state index < -0.39 is 0 Å². The summed E-state index contributed by atoms with van der Waals surface area (Å²) in [5.74, 6) is 0. The zero-order chi connectivity index (χ0) is 9.03. The Morgan fingerprint density at radius 3 is 3.00 bits per heavy atom. The van der Waals surface area contributed by atoms with Gasteiger partial charge < -0.3 is 15.2 Å². The number of nitrogens with two attached hydrogens (primary N) is 1. The molecule has 0 aromatic heterocycles. The fraction of sp³-hybridized carbons (Fsp3) is 1.00. The molecule has 0 radical (unpaired) electrons. The van der Waals surface area contributed by atoms with E-state index in [2.05, 4.69) is 6.92 Å². The predicted octanol–water partition coefficient (Wildman–Crippen LogP) is 0.919. The minimum absolute atomic E-state index is 0.0479. The average molecular weight is 173 g/mol. The zero-order valence-corrected chi connectivity index (χ0v) is 8.01. The third kappa shape index (κ3) is 2.73. The SMILES string of the molecule is COCCC1(C)CC(N)CCO1. The van der Waals surface area contributed by atoms with E-state index in [-0.39, 0.29) is 5.60 Å². The molecule has 1 saturated heterocycles. The van der Waals surface area contributed by atoms with E-state index in [1.165, 1.54) is 0 Å². The Balaban J connectivity index is 2.35. The molecule has 3 nitrogen and oxygen atoms in total. The van der Waals surface area contributed by atoms with Gasteiger partial charge in [-0.25, -0.2) is 0 Å². The van der Waals surface area contributed by atoms with Crippen molar-refractivity contribution in [1.29, 1.82) is 0 Å². The molecule has 0 saturated carbocycles. The second kappa shape index (κ2) is 4.21. The summed E-state index contributed by atoms with van der Waals surface area (Å²) in [7, 11) is 1.71. The minimum Gasteiger partial charge on any atom is -0.385 e. The number of rotatable bonds is 3. The maximum absolute atomic E-state index is 5.86. The Labute approximate surface area is 74.2 Å². The Bertz CT molecular complexity index is 140. The first kappa shape index (κ1) is 9.96. The largest absolute Gasteiger partial charge is 0.385 e. The fourth-order valence-electron chi connectivity index (χ4n) is 1.66. The normalized spacial score (nSPS) is 36.8. The molecule has 0 amide bonds. The second-order valence-electron chi connectivity index (χ2n) is 3.79. The van der Waals surface area contributed by atoms with Crippen molar-refractivity contribution in [1.82, 2.24) is 0 Å². The standard InChI is InChI=1S/C9H19NO2/c1-9(4-6-11-2)7-8(10)3-5-12-9/h8H,3-7,10H2,1-2H3. The highest BCUT2D eigenvalue weighted by molar-refractivity contribution is 4.84. The predicted molar refractivity (Wildman–Crippen MR) is 48.1 cm³/mol. The second-order valence-corrected chi connectivity index (χ2v) is 3.79. The quantitative estimate of drug-likeness (QED) is 0.690. The molecule has 1 heterocycles. The van der Waals surface area contributed by atoms with Gasteiger partial charge in [-0.05, 0) is 26.2 Å². The molecule has 72 valence electrons. The number of hydrogen-bond acceptors (Lipinski definition) is 3. The molecular weight excluding hydrogens is 154 g/mol. The lowest BCUT2D eigenvalue weighted by Gasteiger charge is -2.36. The van der Waals surface area contributed by atoms with Crippen LogP contribution >= 0.6 is 0 Å². The van der Waals surface area contributed by atoms with Crippen LogP contribution in [0, 0.1) is 0 Å². The van der Waals surface area contributed by atoms with Crippen LogP contribution in [0.3, 0.4) is 0 Å². The van der Waals surface area contributed by atoms with Crippen LogP contribution in [0.2, 0.25) is 0 Å². The lowest BCUT2D eigenvalue weighted by molar-refractivity contribution is -0.0853. The van der Waals surface area contributed by atoms with Crippen molar-refractivity contribution in [3.8, 4) is 0 Å². The molecule has 0 spiro atoms. The Morgan fingerprint density at radius 1 is 1.67 bits per heavy atom. The summed E-state index contributed by atoms with van der Waals surface area (Å²) in [6.45, 7) is 3.66. The molecule has 0 aromatic carbocycles. The summed E-state index contributed by atoms with van der Waals surface area (Å²) in [4.78, 5) is 0. The number of hydrogen-bond donors (Lipinski definition) is 1. The van der Waals surface area contributed by atoms with E-state index in [4.69, 9.17) is 15.2 Å². The van der Waals surface area contributed by atoms with Crippen LogP contribution in [0.15, 0.2) is 0 Å². The Hall–Kier alpha value is -0.120. The third-order valence-electron chi connectivity index (χ3n) is 2.47. The highest BCUT2D eigenvalue weighted by atomic mass is 16.5. The highest BCUT2D eigenvalue weighted by Crippen LogP contribution is 2.26. The van der Waals surface area contributed by atoms with Crippen molar-refractivity contribution in [2.24, 2.45) is 5.73 Å². The van der Waals surface area contributed by atoms with Crippen LogP contribution in [0.25, 0.3) is 0 Å². The number of ether oxygens (including phenoxy) is 2. The molecule has 2 N–H and O–H groups in total. The van der Waals surface area contributed by atoms with Crippen molar-refractivity contribution in [2.75, 3.05) is 20.3 Å². The lowest BCUT2D eigenvalue weighted by Crippen LogP contribution is -2.43. The van der Waals surface area contributed by atoms with Crippen LogP contribution < -0.4 is 5.73 Å². The Morgan fingerprint density at radius 2 is 2.42 bits per heavy atom. The van der Waals surface area contributed by atoms with Crippen LogP contribution in [0.1, 0.15) is 26.2 Å². The molecule has 3 heteroatoms. The van der Waals surface area contributed by atoms with Crippen LogP contribution in [0.5, 0.6) is 0 Å². The highest BCUT2D eigenvalue weighted by Gasteiger charge is 2.31. The van der Waals surface area contributed by atoms with Gasteiger partial charge in [0.2, 0.25) is 0 Å². The molecule has 12 heavy (non-hydrogen) atoms. The molecule has 1 fully saturated rings. The van der Waals surface area contributed by atoms with Gasteiger partial charge >= 0.3 is 0 Å². The molecule has 0 aliphatic carbocycles. The molecule has 2 unspecified atom stereocenters. The van der Waals surface area contributed by atoms with Crippen molar-refractivity contribution in [3.63, 3.8) is 0 Å². The van der Waals surface area contributed by atoms with Gasteiger partial charge in [-0.1, -0.05) is 0 Å². The molecule has 0 bridgehead atoms. The van der Waals surface area contributed by atoms with E-state index >= 15 is 0 Å². The summed E-state index contributed by atoms with van der Waals surface area (Å²) < 4.78 is 10.7. The van der Waals surface area contributed by atoms with Gasteiger partial charge in [0.25, 0.3) is 0 Å². The summed E-state index contributed by atoms with van der Waals surface area (Å²) in [6.07, 6.45) is 2.89. The molecule has 0 aromatic rings. The van der Waals surface area contributed by atoms with Crippen LogP contribution in [0.4, 0.5) is 0 Å². The zero-order valence-electron chi connectivity index (χ0n) is 8.01. The van der Waals surface area contributed by atoms with Gasteiger partial charge in [0, 0.05) is 26.4 Å². The van der Waals surface area contributed by atoms with Crippen molar-refractivity contribution in [2.45, 2.75) is 37.8 Å². The van der Waals surface area contributed by atoms with E-state index in [1.54, 1.807) is 7.11 Å². The molecule has 1 aliphatic rings. The van der Waals surface area contributed by atoms with Crippen molar-refractivity contribution < 1.29 is 9.47 Å². The first-order chi connectivity index (χ1) is 5.66. The summed E-state index contributed by atoms with van der Waals surface area (Å²) in [5, 5.41) is 0. The van der Waals surface area contributed by atoms with E-state index in [9.17, 15) is 0 Å². The lowest BCUT2D eigenvalue weighted by atomic mass is 9.90. The van der Waals surface area contributed by atoms with Gasteiger partial charge in [-0.2, -0.15) is 0 Å². The maximum atomic E-state index is 5.86. The Kier molecular flexibility index (Phi) is 3.50. The van der Waals surface area contributed by atoms with E-state index in [1.807, 2.05) is 0 Å².